The molecule has 0 spiro atoms. The van der Waals surface area contributed by atoms with Gasteiger partial charge in [0, 0.05) is 16.8 Å². The number of alkyl halides is 2. The van der Waals surface area contributed by atoms with Crippen LogP contribution < -0.4 is 0 Å². The van der Waals surface area contributed by atoms with Crippen molar-refractivity contribution in [1.29, 1.82) is 0 Å². The van der Waals surface area contributed by atoms with Crippen LogP contribution in [-0.4, -0.2) is 0 Å². The minimum atomic E-state index is 0.461. The Morgan fingerprint density at radius 1 is 1.00 bits per heavy atom. The van der Waals surface area contributed by atoms with E-state index in [0.29, 0.717) is 16.8 Å². The van der Waals surface area contributed by atoms with Gasteiger partial charge in [0.1, 0.15) is 0 Å². The van der Waals surface area contributed by atoms with Crippen LogP contribution in [0.4, 0.5) is 0 Å². The zero-order valence-corrected chi connectivity index (χ0v) is 8.05. The first-order valence-electron chi connectivity index (χ1n) is 3.17. The summed E-state index contributed by atoms with van der Waals surface area (Å²) in [5.74, 6) is 0.946. The fourth-order valence-electron chi connectivity index (χ4n) is 0.849. The Balaban J connectivity index is 3.06. The second-order valence-corrected chi connectivity index (χ2v) is 3.15. The van der Waals surface area contributed by atoms with Crippen molar-refractivity contribution < 1.29 is 0 Å². The summed E-state index contributed by atoms with van der Waals surface area (Å²) >= 11 is 17.1. The summed E-state index contributed by atoms with van der Waals surface area (Å²) in [5.41, 5.74) is 2.06. The fraction of sp³-hybridized carbons (Fsp3) is 0.250. The Morgan fingerprint density at radius 3 is 2.18 bits per heavy atom. The second kappa shape index (κ2) is 4.20. The maximum Gasteiger partial charge on any atom is 0.0477 e. The van der Waals surface area contributed by atoms with E-state index in [1.165, 1.54) is 0 Å². The maximum absolute atomic E-state index is 5.75. The smallest absolute Gasteiger partial charge is 0.0477 e. The molecule has 60 valence electrons. The Labute approximate surface area is 81.1 Å². The summed E-state index contributed by atoms with van der Waals surface area (Å²) in [5, 5.41) is 0.703. The Morgan fingerprint density at radius 2 is 1.64 bits per heavy atom. The lowest BCUT2D eigenvalue weighted by molar-refractivity contribution is 1.27. The predicted octanol–water partition coefficient (Wildman–Crippen LogP) is 3.82. The van der Waals surface area contributed by atoms with Crippen LogP contribution in [0.5, 0.6) is 0 Å². The van der Waals surface area contributed by atoms with Gasteiger partial charge in [-0.05, 0) is 23.3 Å². The van der Waals surface area contributed by atoms with E-state index >= 15 is 0 Å². The summed E-state index contributed by atoms with van der Waals surface area (Å²) in [4.78, 5) is 0. The molecule has 0 atom stereocenters. The van der Waals surface area contributed by atoms with E-state index in [0.717, 1.165) is 11.1 Å². The van der Waals surface area contributed by atoms with E-state index < -0.39 is 0 Å². The van der Waals surface area contributed by atoms with Gasteiger partial charge in [-0.3, -0.25) is 0 Å². The van der Waals surface area contributed by atoms with Gasteiger partial charge in [0.2, 0.25) is 0 Å². The van der Waals surface area contributed by atoms with Crippen molar-refractivity contribution in [2.24, 2.45) is 0 Å². The SMILES string of the molecule is ClCc1ccc(Cl)cc1CCl. The molecule has 0 radical (unpaired) electrons. The second-order valence-electron chi connectivity index (χ2n) is 2.18. The largest absolute Gasteiger partial charge is 0.122 e. The van der Waals surface area contributed by atoms with Crippen LogP contribution in [0.15, 0.2) is 18.2 Å². The Hall–Kier alpha value is 0.0900. The molecule has 3 heteroatoms. The van der Waals surface area contributed by atoms with E-state index in [1.807, 2.05) is 18.2 Å². The fourth-order valence-corrected chi connectivity index (χ4v) is 1.55. The Bertz CT molecular complexity index is 245. The first-order valence-corrected chi connectivity index (χ1v) is 4.62. The van der Waals surface area contributed by atoms with Crippen LogP contribution in [0, 0.1) is 0 Å². The normalized spacial score (nSPS) is 10.1. The molecule has 0 aliphatic heterocycles. The van der Waals surface area contributed by atoms with Crippen LogP contribution in [0.3, 0.4) is 0 Å². The van der Waals surface area contributed by atoms with Gasteiger partial charge >= 0.3 is 0 Å². The van der Waals surface area contributed by atoms with E-state index in [1.54, 1.807) is 0 Å². The third-order valence-electron chi connectivity index (χ3n) is 1.46. The average Bonchev–Trinajstić information content (AvgIpc) is 2.04. The summed E-state index contributed by atoms with van der Waals surface area (Å²) in [6.45, 7) is 0. The molecule has 0 unspecified atom stereocenters. The molecule has 0 N–H and O–H groups in total. The molecule has 1 aromatic rings. The van der Waals surface area contributed by atoms with Crippen molar-refractivity contribution in [2.75, 3.05) is 0 Å². The van der Waals surface area contributed by atoms with Crippen molar-refractivity contribution in [1.82, 2.24) is 0 Å². The third-order valence-corrected chi connectivity index (χ3v) is 2.27. The number of hydrogen-bond acceptors (Lipinski definition) is 0. The third kappa shape index (κ3) is 2.26. The molecule has 1 rings (SSSR count). The van der Waals surface area contributed by atoms with Crippen LogP contribution >= 0.6 is 34.8 Å². The highest BCUT2D eigenvalue weighted by Crippen LogP contribution is 2.19. The lowest BCUT2D eigenvalue weighted by atomic mass is 10.1. The van der Waals surface area contributed by atoms with Crippen LogP contribution in [-0.2, 0) is 11.8 Å². The van der Waals surface area contributed by atoms with Crippen LogP contribution in [0.25, 0.3) is 0 Å². The van der Waals surface area contributed by atoms with Crippen molar-refractivity contribution >= 4 is 34.8 Å². The van der Waals surface area contributed by atoms with Crippen molar-refractivity contribution in [3.8, 4) is 0 Å². The molecule has 11 heavy (non-hydrogen) atoms. The van der Waals surface area contributed by atoms with Crippen molar-refractivity contribution in [2.45, 2.75) is 11.8 Å². The van der Waals surface area contributed by atoms with Crippen LogP contribution in [0.1, 0.15) is 11.1 Å². The van der Waals surface area contributed by atoms with Gasteiger partial charge in [-0.15, -0.1) is 23.2 Å². The van der Waals surface area contributed by atoms with Gasteiger partial charge in [-0.2, -0.15) is 0 Å². The molecule has 0 heterocycles. The minimum absolute atomic E-state index is 0.461. The molecular weight excluding hydrogens is 202 g/mol. The van der Waals surface area contributed by atoms with Gasteiger partial charge in [0.25, 0.3) is 0 Å². The van der Waals surface area contributed by atoms with E-state index in [-0.39, 0.29) is 0 Å². The van der Waals surface area contributed by atoms with Gasteiger partial charge in [0.05, 0.1) is 0 Å². The van der Waals surface area contributed by atoms with Crippen molar-refractivity contribution in [3.05, 3.63) is 34.3 Å². The first-order chi connectivity index (χ1) is 5.27. The highest BCUT2D eigenvalue weighted by Gasteiger charge is 1.99. The van der Waals surface area contributed by atoms with Gasteiger partial charge < -0.3 is 0 Å². The van der Waals surface area contributed by atoms with Crippen LogP contribution in [0.2, 0.25) is 5.02 Å². The van der Waals surface area contributed by atoms with Crippen molar-refractivity contribution in [3.63, 3.8) is 0 Å². The molecule has 0 aromatic heterocycles. The molecule has 0 saturated carbocycles. The summed E-state index contributed by atoms with van der Waals surface area (Å²) in [6.07, 6.45) is 0. The summed E-state index contributed by atoms with van der Waals surface area (Å²) in [7, 11) is 0. The zero-order chi connectivity index (χ0) is 8.27. The maximum atomic E-state index is 5.75. The monoisotopic (exact) mass is 208 g/mol. The predicted molar refractivity (Wildman–Crippen MR) is 50.6 cm³/mol. The summed E-state index contributed by atoms with van der Waals surface area (Å²) in [6, 6.07) is 5.55. The lowest BCUT2D eigenvalue weighted by Gasteiger charge is -2.02. The number of hydrogen-bond donors (Lipinski definition) is 0. The standard InChI is InChI=1S/C8H7Cl3/c9-4-6-1-2-8(11)3-7(6)5-10/h1-3H,4-5H2. The molecule has 0 saturated heterocycles. The van der Waals surface area contributed by atoms with Gasteiger partial charge in [-0.1, -0.05) is 17.7 Å². The molecule has 0 fully saturated rings. The quantitative estimate of drug-likeness (QED) is 0.650. The van der Waals surface area contributed by atoms with E-state index in [2.05, 4.69) is 0 Å². The lowest BCUT2D eigenvalue weighted by Crippen LogP contribution is -1.86. The molecular formula is C8H7Cl3. The number of benzene rings is 1. The summed E-state index contributed by atoms with van der Waals surface area (Å²) < 4.78 is 0. The van der Waals surface area contributed by atoms with E-state index in [9.17, 15) is 0 Å². The number of rotatable bonds is 2. The average molecular weight is 210 g/mol. The Kier molecular flexibility index (Phi) is 3.50. The molecule has 0 aliphatic carbocycles. The van der Waals surface area contributed by atoms with Gasteiger partial charge in [0.15, 0.2) is 0 Å². The number of halogens is 3. The van der Waals surface area contributed by atoms with Gasteiger partial charge in [-0.25, -0.2) is 0 Å². The zero-order valence-electron chi connectivity index (χ0n) is 5.78. The molecule has 1 aromatic carbocycles. The minimum Gasteiger partial charge on any atom is -0.122 e. The highest BCUT2D eigenvalue weighted by atomic mass is 35.5. The first kappa shape index (κ1) is 9.18. The molecule has 0 amide bonds. The highest BCUT2D eigenvalue weighted by molar-refractivity contribution is 6.30. The topological polar surface area (TPSA) is 0 Å². The molecule has 0 bridgehead atoms. The molecule has 0 nitrogen and oxygen atoms in total. The molecule has 0 aliphatic rings. The van der Waals surface area contributed by atoms with E-state index in [4.69, 9.17) is 34.8 Å².